The Morgan fingerprint density at radius 2 is 1.97 bits per heavy atom. The number of carbonyl (C=O) groups excluding carboxylic acids is 1. The monoisotopic (exact) mass is 514 g/mol. The van der Waals surface area contributed by atoms with Gasteiger partial charge in [-0.2, -0.15) is 0 Å². The zero-order valence-corrected chi connectivity index (χ0v) is 21.6. The first kappa shape index (κ1) is 25.6. The average molecular weight is 515 g/mol. The fourth-order valence-corrected chi connectivity index (χ4v) is 4.96. The van der Waals surface area contributed by atoms with Gasteiger partial charge in [-0.05, 0) is 39.8 Å². The number of aliphatic carboxylic acids is 1. The number of pyridine rings is 1. The number of likely N-dealkylation sites (tertiary alicyclic amines) is 1. The number of aliphatic hydroxyl groups is 1. The molecule has 3 aromatic rings. The average Bonchev–Trinajstić information content (AvgIpc) is 3.44. The number of nitrogens with zero attached hydrogens (tertiary/aromatic N) is 3. The number of fused-ring (bicyclic) bond motifs is 1. The van der Waals surface area contributed by atoms with Gasteiger partial charge in [-0.15, -0.1) is 11.3 Å². The van der Waals surface area contributed by atoms with Gasteiger partial charge in [0, 0.05) is 35.4 Å². The van der Waals surface area contributed by atoms with E-state index >= 15 is 0 Å². The zero-order valence-electron chi connectivity index (χ0n) is 20.8. The third-order valence-corrected chi connectivity index (χ3v) is 6.56. The maximum absolute atomic E-state index is 12.7. The van der Waals surface area contributed by atoms with Gasteiger partial charge in [0.2, 0.25) is 0 Å². The third kappa shape index (κ3) is 5.36. The molecule has 1 aliphatic rings. The van der Waals surface area contributed by atoms with Gasteiger partial charge in [0.15, 0.2) is 5.13 Å². The summed E-state index contributed by atoms with van der Waals surface area (Å²) in [4.78, 5) is 35.2. The largest absolute Gasteiger partial charge is 0.497 e. The quantitative estimate of drug-likeness (QED) is 0.413. The number of benzene rings is 1. The lowest BCUT2D eigenvalue weighted by atomic mass is 10.1. The highest BCUT2D eigenvalue weighted by Crippen LogP contribution is 2.35. The van der Waals surface area contributed by atoms with E-state index in [1.807, 2.05) is 25.3 Å². The Hall–Kier alpha value is -3.44. The Labute approximate surface area is 212 Å². The van der Waals surface area contributed by atoms with Crippen LogP contribution in [-0.2, 0) is 9.59 Å². The normalized spacial score (nSPS) is 18.0. The van der Waals surface area contributed by atoms with Gasteiger partial charge in [-0.3, -0.25) is 4.79 Å². The molecule has 2 aromatic heterocycles. The van der Waals surface area contributed by atoms with Crippen molar-refractivity contribution >= 4 is 39.2 Å². The molecule has 1 saturated heterocycles. The van der Waals surface area contributed by atoms with E-state index in [0.717, 1.165) is 10.5 Å². The van der Waals surface area contributed by atoms with E-state index in [9.17, 15) is 19.8 Å². The summed E-state index contributed by atoms with van der Waals surface area (Å²) in [5.41, 5.74) is 0.204. The highest BCUT2D eigenvalue weighted by atomic mass is 32.1. The molecule has 2 atom stereocenters. The first-order valence-electron chi connectivity index (χ1n) is 11.6. The summed E-state index contributed by atoms with van der Waals surface area (Å²) in [5.74, 6) is -0.668. The summed E-state index contributed by atoms with van der Waals surface area (Å²) >= 11 is 1.47. The third-order valence-electron chi connectivity index (χ3n) is 5.78. The summed E-state index contributed by atoms with van der Waals surface area (Å²) in [5, 5.41) is 26.6. The molecule has 0 spiro atoms. The van der Waals surface area contributed by atoms with Crippen molar-refractivity contribution in [2.45, 2.75) is 57.9 Å². The summed E-state index contributed by atoms with van der Waals surface area (Å²) in [6, 6.07) is 6.34. The van der Waals surface area contributed by atoms with Gasteiger partial charge in [-0.1, -0.05) is 0 Å². The van der Waals surface area contributed by atoms with Gasteiger partial charge < -0.3 is 29.9 Å². The van der Waals surface area contributed by atoms with E-state index in [-0.39, 0.29) is 19.0 Å². The van der Waals surface area contributed by atoms with Crippen LogP contribution < -0.4 is 14.8 Å². The number of thiazole rings is 1. The maximum atomic E-state index is 12.7. The summed E-state index contributed by atoms with van der Waals surface area (Å²) in [6.07, 6.45) is -0.502. The SMILES string of the molecule is COc1ccc2c(O[C@@H]3C[C@@H](C(=O)O)N(C(=O)C(C)(C)O)C3)cc(-c3csc(NC(C)C)n3)nc2c1. The molecule has 3 heterocycles. The van der Waals surface area contributed by atoms with E-state index < -0.39 is 29.6 Å². The molecule has 0 aliphatic carbocycles. The molecule has 0 bridgehead atoms. The molecule has 36 heavy (non-hydrogen) atoms. The van der Waals surface area contributed by atoms with Gasteiger partial charge in [0.05, 0.1) is 24.9 Å². The molecule has 0 saturated carbocycles. The predicted octanol–water partition coefficient (Wildman–Crippen LogP) is 3.39. The summed E-state index contributed by atoms with van der Waals surface area (Å²) in [7, 11) is 1.57. The minimum absolute atomic E-state index is 0.0360. The molecule has 192 valence electrons. The van der Waals surface area contributed by atoms with Crippen LogP contribution in [0.5, 0.6) is 11.5 Å². The molecular weight excluding hydrogens is 484 g/mol. The molecule has 1 aromatic carbocycles. The Kier molecular flexibility index (Phi) is 7.05. The van der Waals surface area contributed by atoms with Crippen molar-refractivity contribution in [3.8, 4) is 22.9 Å². The predicted molar refractivity (Wildman–Crippen MR) is 137 cm³/mol. The van der Waals surface area contributed by atoms with Crippen molar-refractivity contribution in [1.29, 1.82) is 0 Å². The van der Waals surface area contributed by atoms with Crippen molar-refractivity contribution in [3.05, 3.63) is 29.6 Å². The van der Waals surface area contributed by atoms with Gasteiger partial charge in [-0.25, -0.2) is 14.8 Å². The molecule has 11 heteroatoms. The van der Waals surface area contributed by atoms with E-state index in [0.29, 0.717) is 28.4 Å². The zero-order chi connectivity index (χ0) is 26.2. The van der Waals surface area contributed by atoms with E-state index in [1.54, 1.807) is 25.3 Å². The summed E-state index contributed by atoms with van der Waals surface area (Å²) < 4.78 is 11.7. The maximum Gasteiger partial charge on any atom is 0.326 e. The van der Waals surface area contributed by atoms with Crippen LogP contribution in [0.4, 0.5) is 5.13 Å². The fraction of sp³-hybridized carbons (Fsp3) is 0.440. The molecule has 1 fully saturated rings. The Bertz CT molecular complexity index is 1290. The number of aromatic nitrogens is 2. The van der Waals surface area contributed by atoms with E-state index in [2.05, 4.69) is 10.3 Å². The van der Waals surface area contributed by atoms with Crippen molar-refractivity contribution in [2.24, 2.45) is 0 Å². The number of anilines is 1. The number of carboxylic acid groups (broad SMARTS) is 1. The number of hydrogen-bond acceptors (Lipinski definition) is 9. The van der Waals surface area contributed by atoms with Crippen LogP contribution in [0.2, 0.25) is 0 Å². The number of methoxy groups -OCH3 is 1. The first-order valence-corrected chi connectivity index (χ1v) is 12.5. The van der Waals surface area contributed by atoms with Crippen LogP contribution in [0, 0.1) is 0 Å². The van der Waals surface area contributed by atoms with Crippen LogP contribution in [0.3, 0.4) is 0 Å². The topological polar surface area (TPSA) is 134 Å². The first-order chi connectivity index (χ1) is 17.0. The van der Waals surface area contributed by atoms with Crippen LogP contribution in [0.1, 0.15) is 34.1 Å². The Morgan fingerprint density at radius 1 is 1.22 bits per heavy atom. The van der Waals surface area contributed by atoms with Crippen LogP contribution >= 0.6 is 11.3 Å². The van der Waals surface area contributed by atoms with Crippen LogP contribution in [-0.4, -0.2) is 74.4 Å². The molecule has 1 aliphatic heterocycles. The highest BCUT2D eigenvalue weighted by Gasteiger charge is 2.44. The number of ether oxygens (including phenoxy) is 2. The standard InChI is InChI=1S/C25H30N4O6S/c1-13(2)26-24-28-19(12-36-24)18-10-21(16-7-6-14(34-5)8-17(16)27-18)35-15-9-20(22(30)31)29(11-15)23(32)25(3,4)33/h6-8,10,12-13,15,20,33H,9,11H2,1-5H3,(H,26,28)(H,30,31)/t15-,20+/m1/s1. The van der Waals surface area contributed by atoms with E-state index in [4.69, 9.17) is 14.5 Å². The number of nitrogens with one attached hydrogen (secondary N) is 1. The van der Waals surface area contributed by atoms with Gasteiger partial charge in [0.25, 0.3) is 5.91 Å². The van der Waals surface area contributed by atoms with Gasteiger partial charge >= 0.3 is 5.97 Å². The second-order valence-electron chi connectivity index (χ2n) is 9.57. The molecule has 1 amide bonds. The summed E-state index contributed by atoms with van der Waals surface area (Å²) in [6.45, 7) is 6.79. The minimum atomic E-state index is -1.69. The van der Waals surface area contributed by atoms with Crippen LogP contribution in [0.25, 0.3) is 22.3 Å². The van der Waals surface area contributed by atoms with Crippen molar-refractivity contribution in [2.75, 3.05) is 19.0 Å². The lowest BCUT2D eigenvalue weighted by Crippen LogP contribution is -2.49. The van der Waals surface area contributed by atoms with E-state index in [1.165, 1.54) is 30.1 Å². The fourth-order valence-electron chi connectivity index (χ4n) is 4.11. The minimum Gasteiger partial charge on any atom is -0.497 e. The Balaban J connectivity index is 1.70. The number of carboxylic acids is 1. The second-order valence-corrected chi connectivity index (χ2v) is 10.4. The van der Waals surface area contributed by atoms with Crippen molar-refractivity contribution < 1.29 is 29.3 Å². The lowest BCUT2D eigenvalue weighted by molar-refractivity contribution is -0.156. The molecule has 4 rings (SSSR count). The molecular formula is C25H30N4O6S. The Morgan fingerprint density at radius 3 is 2.61 bits per heavy atom. The van der Waals surface area contributed by atoms with Crippen LogP contribution in [0.15, 0.2) is 29.6 Å². The highest BCUT2D eigenvalue weighted by molar-refractivity contribution is 7.14. The molecule has 0 unspecified atom stereocenters. The van der Waals surface area contributed by atoms with Gasteiger partial charge in [0.1, 0.15) is 34.9 Å². The van der Waals surface area contributed by atoms with Crippen molar-refractivity contribution in [3.63, 3.8) is 0 Å². The lowest BCUT2D eigenvalue weighted by Gasteiger charge is -2.27. The molecule has 3 N–H and O–H groups in total. The molecule has 10 nitrogen and oxygen atoms in total. The second kappa shape index (κ2) is 9.90. The number of hydrogen-bond donors (Lipinski definition) is 3. The van der Waals surface area contributed by atoms with Crippen molar-refractivity contribution in [1.82, 2.24) is 14.9 Å². The number of rotatable bonds is 8. The smallest absolute Gasteiger partial charge is 0.326 e. The number of carbonyl (C=O) groups is 2. The molecule has 0 radical (unpaired) electrons. The number of amides is 1.